The third kappa shape index (κ3) is 3.19. The summed E-state index contributed by atoms with van der Waals surface area (Å²) < 4.78 is 14.4. The Bertz CT molecular complexity index is 684. The highest BCUT2D eigenvalue weighted by Crippen LogP contribution is 2.12. The van der Waals surface area contributed by atoms with E-state index in [2.05, 4.69) is 15.7 Å². The molecule has 1 aromatic heterocycles. The average molecular weight is 276 g/mol. The van der Waals surface area contributed by atoms with Crippen molar-refractivity contribution < 1.29 is 9.18 Å². The van der Waals surface area contributed by atoms with Crippen molar-refractivity contribution in [1.29, 1.82) is 0 Å². The van der Waals surface area contributed by atoms with Gasteiger partial charge in [0.2, 0.25) is 5.91 Å². The number of rotatable bonds is 4. The van der Waals surface area contributed by atoms with Gasteiger partial charge in [0.25, 0.3) is 5.56 Å². The van der Waals surface area contributed by atoms with Crippen molar-refractivity contribution in [2.24, 2.45) is 0 Å². The number of amides is 1. The molecule has 0 bridgehead atoms. The topological polar surface area (TPSA) is 76.0 Å². The first-order valence-electron chi connectivity index (χ1n) is 5.89. The van der Waals surface area contributed by atoms with Gasteiger partial charge >= 0.3 is 0 Å². The smallest absolute Gasteiger partial charge is 0.269 e. The summed E-state index contributed by atoms with van der Waals surface area (Å²) in [5.74, 6) is -1.06. The SMILES string of the molecule is CNc1cnn(CC(=O)Nc2ccccc2F)c(=O)c1. The number of para-hydroxylation sites is 1. The van der Waals surface area contributed by atoms with Crippen LogP contribution in [-0.4, -0.2) is 22.7 Å². The van der Waals surface area contributed by atoms with Gasteiger partial charge in [-0.1, -0.05) is 12.1 Å². The van der Waals surface area contributed by atoms with Gasteiger partial charge in [0.1, 0.15) is 12.4 Å². The Labute approximate surface area is 114 Å². The van der Waals surface area contributed by atoms with Crippen molar-refractivity contribution in [2.75, 3.05) is 17.7 Å². The van der Waals surface area contributed by atoms with Crippen LogP contribution in [0.3, 0.4) is 0 Å². The Morgan fingerprint density at radius 1 is 1.40 bits per heavy atom. The molecule has 1 aromatic carbocycles. The first kappa shape index (κ1) is 13.7. The zero-order valence-electron chi connectivity index (χ0n) is 10.8. The summed E-state index contributed by atoms with van der Waals surface area (Å²) in [5, 5.41) is 9.00. The van der Waals surface area contributed by atoms with Crippen molar-refractivity contribution >= 4 is 17.3 Å². The molecule has 0 atom stereocenters. The first-order valence-corrected chi connectivity index (χ1v) is 5.89. The van der Waals surface area contributed by atoms with E-state index >= 15 is 0 Å². The summed E-state index contributed by atoms with van der Waals surface area (Å²) in [6.07, 6.45) is 1.43. The fraction of sp³-hybridized carbons (Fsp3) is 0.154. The second-order valence-electron chi connectivity index (χ2n) is 4.02. The maximum Gasteiger partial charge on any atom is 0.269 e. The lowest BCUT2D eigenvalue weighted by Crippen LogP contribution is -2.29. The van der Waals surface area contributed by atoms with Gasteiger partial charge in [-0.15, -0.1) is 0 Å². The predicted octanol–water partition coefficient (Wildman–Crippen LogP) is 1.06. The predicted molar refractivity (Wildman–Crippen MR) is 73.1 cm³/mol. The lowest BCUT2D eigenvalue weighted by Gasteiger charge is -2.07. The molecule has 0 radical (unpaired) electrons. The van der Waals surface area contributed by atoms with Gasteiger partial charge in [-0.25, -0.2) is 9.07 Å². The standard InChI is InChI=1S/C13H13FN4O2/c1-15-9-6-13(20)18(16-7-9)8-12(19)17-11-5-3-2-4-10(11)14/h2-7,15H,8H2,1H3,(H,17,19). The molecule has 1 heterocycles. The van der Waals surface area contributed by atoms with Crippen molar-refractivity contribution in [1.82, 2.24) is 9.78 Å². The van der Waals surface area contributed by atoms with Crippen LogP contribution in [-0.2, 0) is 11.3 Å². The number of carbonyl (C=O) groups is 1. The van der Waals surface area contributed by atoms with Gasteiger partial charge in [-0.2, -0.15) is 5.10 Å². The monoisotopic (exact) mass is 276 g/mol. The zero-order chi connectivity index (χ0) is 14.5. The summed E-state index contributed by atoms with van der Waals surface area (Å²) in [4.78, 5) is 23.4. The molecule has 0 fully saturated rings. The lowest BCUT2D eigenvalue weighted by atomic mass is 10.3. The van der Waals surface area contributed by atoms with Crippen molar-refractivity contribution in [3.63, 3.8) is 0 Å². The van der Waals surface area contributed by atoms with Crippen LogP contribution < -0.4 is 16.2 Å². The van der Waals surface area contributed by atoms with E-state index in [0.717, 1.165) is 4.68 Å². The van der Waals surface area contributed by atoms with Crippen LogP contribution in [0.4, 0.5) is 15.8 Å². The Balaban J connectivity index is 2.09. The summed E-state index contributed by atoms with van der Waals surface area (Å²) in [7, 11) is 1.66. The minimum absolute atomic E-state index is 0.0670. The molecule has 104 valence electrons. The number of aromatic nitrogens is 2. The highest BCUT2D eigenvalue weighted by Gasteiger charge is 2.08. The highest BCUT2D eigenvalue weighted by molar-refractivity contribution is 5.90. The molecule has 0 aliphatic heterocycles. The fourth-order valence-electron chi connectivity index (χ4n) is 1.58. The number of nitrogens with zero attached hydrogens (tertiary/aromatic N) is 2. The third-order valence-electron chi connectivity index (χ3n) is 2.60. The Morgan fingerprint density at radius 3 is 2.80 bits per heavy atom. The van der Waals surface area contributed by atoms with Crippen LogP contribution >= 0.6 is 0 Å². The number of hydrogen-bond acceptors (Lipinski definition) is 4. The second kappa shape index (κ2) is 5.96. The van der Waals surface area contributed by atoms with Crippen LogP contribution in [0.15, 0.2) is 41.3 Å². The normalized spacial score (nSPS) is 10.1. The molecule has 0 unspecified atom stereocenters. The number of benzene rings is 1. The van der Waals surface area contributed by atoms with Gasteiger partial charge < -0.3 is 10.6 Å². The number of halogens is 1. The molecule has 7 heteroatoms. The average Bonchev–Trinajstić information content (AvgIpc) is 2.43. The van der Waals surface area contributed by atoms with Crippen LogP contribution in [0, 0.1) is 5.82 Å². The largest absolute Gasteiger partial charge is 0.387 e. The summed E-state index contributed by atoms with van der Waals surface area (Å²) in [5.41, 5.74) is 0.207. The molecule has 2 aromatic rings. The maximum absolute atomic E-state index is 13.4. The summed E-state index contributed by atoms with van der Waals surface area (Å²) >= 11 is 0. The zero-order valence-corrected chi connectivity index (χ0v) is 10.8. The summed E-state index contributed by atoms with van der Waals surface area (Å²) in [6.45, 7) is -0.281. The van der Waals surface area contributed by atoms with E-state index in [1.165, 1.54) is 30.5 Å². The van der Waals surface area contributed by atoms with Crippen LogP contribution in [0.1, 0.15) is 0 Å². The molecular weight excluding hydrogens is 263 g/mol. The molecule has 2 rings (SSSR count). The van der Waals surface area contributed by atoms with E-state index in [1.54, 1.807) is 13.1 Å². The van der Waals surface area contributed by atoms with Crippen molar-refractivity contribution in [3.05, 3.63) is 52.7 Å². The Morgan fingerprint density at radius 2 is 2.15 bits per heavy atom. The molecule has 0 saturated carbocycles. The molecule has 6 nitrogen and oxygen atoms in total. The maximum atomic E-state index is 13.4. The van der Waals surface area contributed by atoms with Crippen molar-refractivity contribution in [3.8, 4) is 0 Å². The molecule has 0 aliphatic rings. The molecule has 0 saturated heterocycles. The lowest BCUT2D eigenvalue weighted by molar-refractivity contribution is -0.117. The Hall–Kier alpha value is -2.70. The van der Waals surface area contributed by atoms with Crippen LogP contribution in [0.2, 0.25) is 0 Å². The molecular formula is C13H13FN4O2. The number of nitrogens with one attached hydrogen (secondary N) is 2. The molecule has 0 spiro atoms. The van der Waals surface area contributed by atoms with Gasteiger partial charge in [-0.05, 0) is 12.1 Å². The summed E-state index contributed by atoms with van der Waals surface area (Å²) in [6, 6.07) is 7.12. The van der Waals surface area contributed by atoms with Gasteiger partial charge in [0.15, 0.2) is 0 Å². The fourth-order valence-corrected chi connectivity index (χ4v) is 1.58. The van der Waals surface area contributed by atoms with Crippen LogP contribution in [0.25, 0.3) is 0 Å². The third-order valence-corrected chi connectivity index (χ3v) is 2.60. The minimum atomic E-state index is -0.535. The number of carbonyl (C=O) groups excluding carboxylic acids is 1. The van der Waals surface area contributed by atoms with E-state index in [9.17, 15) is 14.0 Å². The molecule has 0 aliphatic carbocycles. The number of anilines is 2. The van der Waals surface area contributed by atoms with Gasteiger partial charge in [0, 0.05) is 13.1 Å². The van der Waals surface area contributed by atoms with Gasteiger partial charge in [-0.3, -0.25) is 9.59 Å². The van der Waals surface area contributed by atoms with E-state index in [1.807, 2.05) is 0 Å². The molecule has 20 heavy (non-hydrogen) atoms. The van der Waals surface area contributed by atoms with E-state index < -0.39 is 17.3 Å². The molecule has 1 amide bonds. The first-order chi connectivity index (χ1) is 9.60. The van der Waals surface area contributed by atoms with Gasteiger partial charge in [0.05, 0.1) is 17.6 Å². The van der Waals surface area contributed by atoms with E-state index in [0.29, 0.717) is 5.69 Å². The van der Waals surface area contributed by atoms with E-state index in [-0.39, 0.29) is 12.2 Å². The van der Waals surface area contributed by atoms with Crippen LogP contribution in [0.5, 0.6) is 0 Å². The number of hydrogen-bond donors (Lipinski definition) is 2. The quantitative estimate of drug-likeness (QED) is 0.875. The molecule has 2 N–H and O–H groups in total. The van der Waals surface area contributed by atoms with E-state index in [4.69, 9.17) is 0 Å². The minimum Gasteiger partial charge on any atom is -0.387 e. The second-order valence-corrected chi connectivity index (χ2v) is 4.02. The van der Waals surface area contributed by atoms with Crippen molar-refractivity contribution in [2.45, 2.75) is 6.54 Å². The Kier molecular flexibility index (Phi) is 4.09. The highest BCUT2D eigenvalue weighted by atomic mass is 19.1.